The normalized spacial score (nSPS) is 56.0. The van der Waals surface area contributed by atoms with Crippen LogP contribution in [0.4, 0.5) is 0 Å². The number of rotatable bonds is 1. The van der Waals surface area contributed by atoms with E-state index in [0.717, 1.165) is 59.2 Å². The van der Waals surface area contributed by atoms with Gasteiger partial charge in [0.1, 0.15) is 0 Å². The molecule has 0 heterocycles. The number of hydrogen-bond donors (Lipinski definition) is 0. The topological polar surface area (TPSA) is 0 Å². The molecule has 0 bridgehead atoms. The average Bonchev–Trinajstić information content (AvgIpc) is 2.80. The van der Waals surface area contributed by atoms with E-state index in [4.69, 9.17) is 0 Å². The summed E-state index contributed by atoms with van der Waals surface area (Å²) >= 11 is 0. The summed E-state index contributed by atoms with van der Waals surface area (Å²) in [5.41, 5.74) is 1.61. The van der Waals surface area contributed by atoms with E-state index in [1.54, 1.807) is 5.57 Å². The molecular weight excluding hydrogens is 264 g/mol. The van der Waals surface area contributed by atoms with Crippen molar-refractivity contribution >= 4 is 0 Å². The van der Waals surface area contributed by atoms with E-state index in [1.807, 2.05) is 0 Å². The third-order valence-corrected chi connectivity index (χ3v) is 8.76. The Morgan fingerprint density at radius 1 is 0.727 bits per heavy atom. The van der Waals surface area contributed by atoms with Crippen LogP contribution in [0.3, 0.4) is 0 Å². The molecule has 8 unspecified atom stereocenters. The van der Waals surface area contributed by atoms with Gasteiger partial charge in [0.05, 0.1) is 0 Å². The molecular formula is C22H38. The van der Waals surface area contributed by atoms with E-state index < -0.39 is 0 Å². The summed E-state index contributed by atoms with van der Waals surface area (Å²) in [6.07, 6.45) is 5.71. The minimum atomic E-state index is 0.859. The van der Waals surface area contributed by atoms with Crippen molar-refractivity contribution in [2.24, 2.45) is 59.2 Å². The van der Waals surface area contributed by atoms with Crippen molar-refractivity contribution in [2.75, 3.05) is 0 Å². The standard InChI is InChI=1S/C22H38/c1-12-8-9-19-20(10-12)13(2)11-21(19)22-17(6)15(4)14(3)16(5)18(22)7/h12,14-22H,2,8-11H2,1,3-7H3. The minimum absolute atomic E-state index is 0.859. The van der Waals surface area contributed by atoms with Crippen molar-refractivity contribution < 1.29 is 0 Å². The van der Waals surface area contributed by atoms with Gasteiger partial charge >= 0.3 is 0 Å². The zero-order valence-corrected chi connectivity index (χ0v) is 15.8. The molecule has 8 atom stereocenters. The Balaban J connectivity index is 1.85. The van der Waals surface area contributed by atoms with Gasteiger partial charge in [-0.3, -0.25) is 0 Å². The largest absolute Gasteiger partial charge is 0.0996 e. The monoisotopic (exact) mass is 302 g/mol. The first-order chi connectivity index (χ1) is 10.3. The van der Waals surface area contributed by atoms with Crippen molar-refractivity contribution in [2.45, 2.75) is 67.2 Å². The molecule has 3 rings (SSSR count). The summed E-state index contributed by atoms with van der Waals surface area (Å²) in [5, 5.41) is 0. The van der Waals surface area contributed by atoms with Crippen LogP contribution in [-0.2, 0) is 0 Å². The van der Waals surface area contributed by atoms with Crippen molar-refractivity contribution in [3.63, 3.8) is 0 Å². The molecule has 3 aliphatic rings. The zero-order chi connectivity index (χ0) is 16.2. The SMILES string of the molecule is C=C1CC(C2C(C)C(C)C(C)C(C)C2C)C2CCC(C)CC12. The van der Waals surface area contributed by atoms with Crippen molar-refractivity contribution in [1.29, 1.82) is 0 Å². The van der Waals surface area contributed by atoms with Crippen molar-refractivity contribution in [3.8, 4) is 0 Å². The number of hydrogen-bond acceptors (Lipinski definition) is 0. The van der Waals surface area contributed by atoms with Crippen LogP contribution in [0.2, 0.25) is 0 Å². The molecule has 0 aromatic rings. The van der Waals surface area contributed by atoms with E-state index in [-0.39, 0.29) is 0 Å². The number of allylic oxidation sites excluding steroid dienone is 1. The molecule has 0 radical (unpaired) electrons. The maximum atomic E-state index is 4.52. The second kappa shape index (κ2) is 5.99. The van der Waals surface area contributed by atoms with Gasteiger partial charge in [0, 0.05) is 0 Å². The van der Waals surface area contributed by atoms with Crippen LogP contribution in [0, 0.1) is 59.2 Å². The fourth-order valence-electron chi connectivity index (χ4n) is 6.81. The highest BCUT2D eigenvalue weighted by molar-refractivity contribution is 5.15. The van der Waals surface area contributed by atoms with Crippen LogP contribution in [0.1, 0.15) is 67.2 Å². The lowest BCUT2D eigenvalue weighted by Gasteiger charge is -2.51. The summed E-state index contributed by atoms with van der Waals surface area (Å²) in [5.74, 6) is 9.04. The van der Waals surface area contributed by atoms with Crippen LogP contribution >= 0.6 is 0 Å². The van der Waals surface area contributed by atoms with Gasteiger partial charge in [-0.1, -0.05) is 60.1 Å². The van der Waals surface area contributed by atoms with Crippen LogP contribution < -0.4 is 0 Å². The Bertz CT molecular complexity index is 406. The third kappa shape index (κ3) is 2.49. The molecule has 3 fully saturated rings. The quantitative estimate of drug-likeness (QED) is 0.490. The van der Waals surface area contributed by atoms with E-state index in [1.165, 1.54) is 25.7 Å². The maximum absolute atomic E-state index is 4.52. The van der Waals surface area contributed by atoms with Gasteiger partial charge in [-0.25, -0.2) is 0 Å². The molecule has 22 heavy (non-hydrogen) atoms. The molecule has 0 nitrogen and oxygen atoms in total. The predicted octanol–water partition coefficient (Wildman–Crippen LogP) is 6.43. The van der Waals surface area contributed by atoms with Gasteiger partial charge in [-0.15, -0.1) is 0 Å². The fraction of sp³-hybridized carbons (Fsp3) is 0.909. The summed E-state index contributed by atoms with van der Waals surface area (Å²) in [4.78, 5) is 0. The summed E-state index contributed by atoms with van der Waals surface area (Å²) in [6, 6.07) is 0. The first kappa shape index (κ1) is 16.6. The molecule has 0 heteroatoms. The first-order valence-corrected chi connectivity index (χ1v) is 10.0. The molecule has 0 aromatic heterocycles. The molecule has 0 saturated heterocycles. The highest BCUT2D eigenvalue weighted by atomic mass is 14.6. The van der Waals surface area contributed by atoms with E-state index in [0.29, 0.717) is 0 Å². The zero-order valence-electron chi connectivity index (χ0n) is 15.8. The Morgan fingerprint density at radius 3 is 1.86 bits per heavy atom. The summed E-state index contributed by atoms with van der Waals surface area (Å²) in [6.45, 7) is 19.6. The van der Waals surface area contributed by atoms with E-state index in [2.05, 4.69) is 48.1 Å². The summed E-state index contributed by atoms with van der Waals surface area (Å²) in [7, 11) is 0. The van der Waals surface area contributed by atoms with Gasteiger partial charge in [0.25, 0.3) is 0 Å². The average molecular weight is 303 g/mol. The van der Waals surface area contributed by atoms with Crippen LogP contribution in [-0.4, -0.2) is 0 Å². The van der Waals surface area contributed by atoms with Crippen LogP contribution in [0.25, 0.3) is 0 Å². The van der Waals surface area contributed by atoms with Gasteiger partial charge in [-0.2, -0.15) is 0 Å². The predicted molar refractivity (Wildman–Crippen MR) is 96.6 cm³/mol. The molecule has 3 aliphatic carbocycles. The minimum Gasteiger partial charge on any atom is -0.0996 e. The van der Waals surface area contributed by atoms with Gasteiger partial charge in [-0.05, 0) is 78.4 Å². The first-order valence-electron chi connectivity index (χ1n) is 10.0. The molecule has 0 aromatic carbocycles. The molecule has 0 N–H and O–H groups in total. The lowest BCUT2D eigenvalue weighted by Crippen LogP contribution is -2.45. The van der Waals surface area contributed by atoms with Gasteiger partial charge < -0.3 is 0 Å². The fourth-order valence-corrected chi connectivity index (χ4v) is 6.81. The lowest BCUT2D eigenvalue weighted by molar-refractivity contribution is -0.0291. The van der Waals surface area contributed by atoms with E-state index >= 15 is 0 Å². The van der Waals surface area contributed by atoms with Crippen LogP contribution in [0.5, 0.6) is 0 Å². The third-order valence-electron chi connectivity index (χ3n) is 8.76. The van der Waals surface area contributed by atoms with Crippen molar-refractivity contribution in [1.82, 2.24) is 0 Å². The molecule has 0 spiro atoms. The maximum Gasteiger partial charge on any atom is -0.0172 e. The Labute approximate surface area is 139 Å². The lowest BCUT2D eigenvalue weighted by atomic mass is 9.54. The van der Waals surface area contributed by atoms with Crippen molar-refractivity contribution in [3.05, 3.63) is 12.2 Å². The van der Waals surface area contributed by atoms with Gasteiger partial charge in [0.2, 0.25) is 0 Å². The highest BCUT2D eigenvalue weighted by Gasteiger charge is 2.51. The molecule has 126 valence electrons. The smallest absolute Gasteiger partial charge is 0.0172 e. The molecule has 0 amide bonds. The molecule has 0 aliphatic heterocycles. The Hall–Kier alpha value is -0.260. The second-order valence-electron chi connectivity index (χ2n) is 9.59. The second-order valence-corrected chi connectivity index (χ2v) is 9.59. The van der Waals surface area contributed by atoms with Gasteiger partial charge in [0.15, 0.2) is 0 Å². The Morgan fingerprint density at radius 2 is 1.27 bits per heavy atom. The van der Waals surface area contributed by atoms with E-state index in [9.17, 15) is 0 Å². The Kier molecular flexibility index (Phi) is 4.52. The molecule has 3 saturated carbocycles. The highest BCUT2D eigenvalue weighted by Crippen LogP contribution is 2.58. The summed E-state index contributed by atoms with van der Waals surface area (Å²) < 4.78 is 0. The number of fused-ring (bicyclic) bond motifs is 1. The van der Waals surface area contributed by atoms with Crippen LogP contribution in [0.15, 0.2) is 12.2 Å².